The van der Waals surface area contributed by atoms with Crippen molar-refractivity contribution in [1.29, 1.82) is 0 Å². The minimum atomic E-state index is -0.115. The van der Waals surface area contributed by atoms with Gasteiger partial charge in [0.05, 0.1) is 16.7 Å². The zero-order chi connectivity index (χ0) is 14.8. The number of hydrogen-bond acceptors (Lipinski definition) is 2. The van der Waals surface area contributed by atoms with E-state index in [1.807, 2.05) is 24.3 Å². The van der Waals surface area contributed by atoms with Crippen molar-refractivity contribution in [3.8, 4) is 5.75 Å². The topological polar surface area (TPSA) is 35.2 Å². The van der Waals surface area contributed by atoms with E-state index < -0.39 is 0 Å². The van der Waals surface area contributed by atoms with E-state index in [4.69, 9.17) is 33.7 Å². The highest BCUT2D eigenvalue weighted by molar-refractivity contribution is 6.42. The lowest BCUT2D eigenvalue weighted by Crippen LogP contribution is -2.18. The maximum Gasteiger partial charge on any atom is 0.127 e. The SMILES string of the molecule is NC(Cc1ccc(Cl)c(Cl)c1)c1cccc2c1OCCC2. The van der Waals surface area contributed by atoms with Gasteiger partial charge in [0.2, 0.25) is 0 Å². The summed E-state index contributed by atoms with van der Waals surface area (Å²) < 4.78 is 5.83. The van der Waals surface area contributed by atoms with E-state index in [1.165, 1.54) is 5.56 Å². The number of nitrogens with two attached hydrogens (primary N) is 1. The van der Waals surface area contributed by atoms with Gasteiger partial charge in [-0.2, -0.15) is 0 Å². The van der Waals surface area contributed by atoms with Crippen molar-refractivity contribution in [2.24, 2.45) is 5.73 Å². The zero-order valence-corrected chi connectivity index (χ0v) is 13.1. The number of aryl methyl sites for hydroxylation is 1. The van der Waals surface area contributed by atoms with Crippen LogP contribution in [0.2, 0.25) is 10.0 Å². The normalized spacial score (nSPS) is 15.2. The Hall–Kier alpha value is -1.22. The van der Waals surface area contributed by atoms with Gasteiger partial charge in [-0.15, -0.1) is 0 Å². The fourth-order valence-electron chi connectivity index (χ4n) is 2.74. The molecule has 2 N–H and O–H groups in total. The molecule has 0 radical (unpaired) electrons. The van der Waals surface area contributed by atoms with Crippen LogP contribution in [0.4, 0.5) is 0 Å². The van der Waals surface area contributed by atoms with E-state index in [9.17, 15) is 0 Å². The third-order valence-corrected chi connectivity index (χ3v) is 4.54. The predicted molar refractivity (Wildman–Crippen MR) is 87.4 cm³/mol. The molecule has 21 heavy (non-hydrogen) atoms. The molecular formula is C17H17Cl2NO. The average molecular weight is 322 g/mol. The molecular weight excluding hydrogens is 305 g/mol. The molecule has 0 bridgehead atoms. The Bertz CT molecular complexity index is 657. The molecule has 0 amide bonds. The Morgan fingerprint density at radius 1 is 1.14 bits per heavy atom. The molecule has 2 nitrogen and oxygen atoms in total. The van der Waals surface area contributed by atoms with Gasteiger partial charge in [0.1, 0.15) is 5.75 Å². The molecule has 4 heteroatoms. The molecule has 2 aromatic rings. The van der Waals surface area contributed by atoms with Crippen LogP contribution in [0.15, 0.2) is 36.4 Å². The fraction of sp³-hybridized carbons (Fsp3) is 0.294. The van der Waals surface area contributed by atoms with Gasteiger partial charge in [-0.3, -0.25) is 0 Å². The van der Waals surface area contributed by atoms with Gasteiger partial charge in [0.15, 0.2) is 0 Å². The van der Waals surface area contributed by atoms with Gasteiger partial charge in [-0.25, -0.2) is 0 Å². The first-order valence-corrected chi connectivity index (χ1v) is 7.85. The van der Waals surface area contributed by atoms with Crippen LogP contribution >= 0.6 is 23.2 Å². The number of fused-ring (bicyclic) bond motifs is 1. The molecule has 1 aliphatic heterocycles. The molecule has 1 aliphatic rings. The van der Waals surface area contributed by atoms with Crippen LogP contribution < -0.4 is 10.5 Å². The highest BCUT2D eigenvalue weighted by Gasteiger charge is 2.19. The summed E-state index contributed by atoms with van der Waals surface area (Å²) in [6.45, 7) is 0.767. The van der Waals surface area contributed by atoms with E-state index in [0.29, 0.717) is 16.5 Å². The number of para-hydroxylation sites is 1. The van der Waals surface area contributed by atoms with Crippen LogP contribution in [0.5, 0.6) is 5.75 Å². The minimum absolute atomic E-state index is 0.115. The Morgan fingerprint density at radius 3 is 2.81 bits per heavy atom. The Labute approximate surface area is 134 Å². The summed E-state index contributed by atoms with van der Waals surface area (Å²) in [5.41, 5.74) is 9.78. The summed E-state index contributed by atoms with van der Waals surface area (Å²) in [5, 5.41) is 1.13. The van der Waals surface area contributed by atoms with Crippen LogP contribution in [0.1, 0.15) is 29.2 Å². The summed E-state index contributed by atoms with van der Waals surface area (Å²) in [7, 11) is 0. The largest absolute Gasteiger partial charge is 0.493 e. The van der Waals surface area contributed by atoms with Crippen molar-refractivity contribution < 1.29 is 4.74 Å². The summed E-state index contributed by atoms with van der Waals surface area (Å²) in [6, 6.07) is 11.7. The first-order valence-electron chi connectivity index (χ1n) is 7.09. The smallest absolute Gasteiger partial charge is 0.127 e. The quantitative estimate of drug-likeness (QED) is 0.899. The average Bonchev–Trinajstić information content (AvgIpc) is 2.50. The molecule has 3 rings (SSSR count). The van der Waals surface area contributed by atoms with Crippen LogP contribution in [0, 0.1) is 0 Å². The highest BCUT2D eigenvalue weighted by atomic mass is 35.5. The number of rotatable bonds is 3. The second-order valence-electron chi connectivity index (χ2n) is 5.35. The maximum absolute atomic E-state index is 6.38. The second-order valence-corrected chi connectivity index (χ2v) is 6.16. The lowest BCUT2D eigenvalue weighted by atomic mass is 9.94. The maximum atomic E-state index is 6.38. The molecule has 1 atom stereocenters. The van der Waals surface area contributed by atoms with Crippen molar-refractivity contribution in [2.75, 3.05) is 6.61 Å². The van der Waals surface area contributed by atoms with Gasteiger partial charge in [0, 0.05) is 11.6 Å². The van der Waals surface area contributed by atoms with Crippen LogP contribution in [0.3, 0.4) is 0 Å². The standard InChI is InChI=1S/C17H17Cl2NO/c18-14-7-6-11(9-15(14)19)10-16(20)13-5-1-3-12-4-2-8-21-17(12)13/h1,3,5-7,9,16H,2,4,8,10,20H2. The molecule has 0 fully saturated rings. The Balaban J connectivity index is 1.85. The fourth-order valence-corrected chi connectivity index (χ4v) is 3.06. The van der Waals surface area contributed by atoms with E-state index in [-0.39, 0.29) is 6.04 Å². The molecule has 0 aliphatic carbocycles. The van der Waals surface area contributed by atoms with E-state index >= 15 is 0 Å². The summed E-state index contributed by atoms with van der Waals surface area (Å²) in [4.78, 5) is 0. The number of benzene rings is 2. The van der Waals surface area contributed by atoms with Gasteiger partial charge in [0.25, 0.3) is 0 Å². The van der Waals surface area contributed by atoms with E-state index in [2.05, 4.69) is 12.1 Å². The Morgan fingerprint density at radius 2 is 2.00 bits per heavy atom. The second kappa shape index (κ2) is 6.27. The van der Waals surface area contributed by atoms with Crippen molar-refractivity contribution >= 4 is 23.2 Å². The number of halogens is 2. The summed E-state index contributed by atoms with van der Waals surface area (Å²) in [6.07, 6.45) is 2.83. The third kappa shape index (κ3) is 3.18. The van der Waals surface area contributed by atoms with Crippen molar-refractivity contribution in [3.05, 3.63) is 63.1 Å². The highest BCUT2D eigenvalue weighted by Crippen LogP contribution is 2.33. The Kier molecular flexibility index (Phi) is 4.39. The van der Waals surface area contributed by atoms with Gasteiger partial charge >= 0.3 is 0 Å². The third-order valence-electron chi connectivity index (χ3n) is 3.80. The van der Waals surface area contributed by atoms with Gasteiger partial charge in [-0.1, -0.05) is 47.5 Å². The molecule has 0 saturated heterocycles. The van der Waals surface area contributed by atoms with Crippen molar-refractivity contribution in [1.82, 2.24) is 0 Å². The molecule has 0 aromatic heterocycles. The monoisotopic (exact) mass is 321 g/mol. The first kappa shape index (κ1) is 14.7. The molecule has 110 valence electrons. The van der Waals surface area contributed by atoms with E-state index in [0.717, 1.165) is 36.3 Å². The van der Waals surface area contributed by atoms with E-state index in [1.54, 1.807) is 0 Å². The van der Waals surface area contributed by atoms with Gasteiger partial charge in [-0.05, 0) is 42.5 Å². The lowest BCUT2D eigenvalue weighted by Gasteiger charge is -2.23. The predicted octanol–water partition coefficient (Wildman–Crippen LogP) is 4.56. The molecule has 0 spiro atoms. The first-order chi connectivity index (χ1) is 10.1. The summed E-state index contributed by atoms with van der Waals surface area (Å²) in [5.74, 6) is 0.969. The van der Waals surface area contributed by atoms with Crippen LogP contribution in [0.25, 0.3) is 0 Å². The molecule has 0 saturated carbocycles. The minimum Gasteiger partial charge on any atom is -0.493 e. The molecule has 1 heterocycles. The lowest BCUT2D eigenvalue weighted by molar-refractivity contribution is 0.283. The van der Waals surface area contributed by atoms with Crippen LogP contribution in [-0.4, -0.2) is 6.61 Å². The van der Waals surface area contributed by atoms with Gasteiger partial charge < -0.3 is 10.5 Å². The molecule has 2 aromatic carbocycles. The van der Waals surface area contributed by atoms with Crippen LogP contribution in [-0.2, 0) is 12.8 Å². The van der Waals surface area contributed by atoms with Crippen molar-refractivity contribution in [2.45, 2.75) is 25.3 Å². The number of hydrogen-bond donors (Lipinski definition) is 1. The number of ether oxygens (including phenoxy) is 1. The zero-order valence-electron chi connectivity index (χ0n) is 11.6. The summed E-state index contributed by atoms with van der Waals surface area (Å²) >= 11 is 12.0. The van der Waals surface area contributed by atoms with Crippen molar-refractivity contribution in [3.63, 3.8) is 0 Å². The molecule has 1 unspecified atom stereocenters.